The Morgan fingerprint density at radius 2 is 2.03 bits per heavy atom. The fraction of sp³-hybridized carbons (Fsp3) is 0.545. The van der Waals surface area contributed by atoms with Gasteiger partial charge in [-0.15, -0.1) is 0 Å². The van der Waals surface area contributed by atoms with Crippen LogP contribution in [-0.2, 0) is 4.79 Å². The molecule has 8 nitrogen and oxygen atoms in total. The molecular formula is C22H28F2N6O2. The largest absolute Gasteiger partial charge is 0.492 e. The van der Waals surface area contributed by atoms with Gasteiger partial charge in [0.15, 0.2) is 5.82 Å². The number of halogens is 2. The Bertz CT molecular complexity index is 979. The molecule has 2 aliphatic rings. The van der Waals surface area contributed by atoms with Crippen LogP contribution in [0.2, 0.25) is 0 Å². The molecule has 1 saturated carbocycles. The molecule has 1 aliphatic carbocycles. The average Bonchev–Trinajstić information content (AvgIpc) is 2.70. The van der Waals surface area contributed by atoms with E-state index in [9.17, 15) is 13.6 Å². The Morgan fingerprint density at radius 1 is 1.28 bits per heavy atom. The third-order valence-electron chi connectivity index (χ3n) is 6.01. The lowest BCUT2D eigenvalue weighted by Gasteiger charge is -2.38. The van der Waals surface area contributed by atoms with Crippen molar-refractivity contribution >= 4 is 23.4 Å². The van der Waals surface area contributed by atoms with Gasteiger partial charge in [-0.2, -0.15) is 4.98 Å². The third kappa shape index (κ3) is 4.44. The van der Waals surface area contributed by atoms with Crippen LogP contribution >= 0.6 is 0 Å². The molecule has 1 atom stereocenters. The number of hydrogen-bond donors (Lipinski definition) is 2. The Kier molecular flexibility index (Phi) is 6.12. The molecule has 0 unspecified atom stereocenters. The predicted molar refractivity (Wildman–Crippen MR) is 117 cm³/mol. The van der Waals surface area contributed by atoms with Crippen LogP contribution in [0.25, 0.3) is 0 Å². The van der Waals surface area contributed by atoms with Gasteiger partial charge in [0, 0.05) is 13.1 Å². The fourth-order valence-corrected chi connectivity index (χ4v) is 4.27. The van der Waals surface area contributed by atoms with Crippen molar-refractivity contribution in [3.8, 4) is 5.75 Å². The standard InChI is InChI=1S/C22H28F2N6O2/c1-11(2)18-21(31)28-17-12(3)26-22(29-20(17)30(18)4)27-14-7-13(8-14)10-32-15-5-6-16(19(23)24)25-9-15/h5-6,9,11,13-14,18-19H,7-8,10H2,1-4H3,(H,28,31)(H,26,27,29)/t13?,14?,18-/m0/s1. The maximum absolute atomic E-state index is 12.6. The van der Waals surface area contributed by atoms with Crippen LogP contribution in [-0.4, -0.2) is 46.6 Å². The van der Waals surface area contributed by atoms with Crippen molar-refractivity contribution in [3.63, 3.8) is 0 Å². The first-order chi connectivity index (χ1) is 15.2. The topological polar surface area (TPSA) is 92.3 Å². The second-order valence-electron chi connectivity index (χ2n) is 8.83. The van der Waals surface area contributed by atoms with E-state index < -0.39 is 6.43 Å². The van der Waals surface area contributed by atoms with E-state index in [0.717, 1.165) is 24.4 Å². The summed E-state index contributed by atoms with van der Waals surface area (Å²) in [5.74, 6) is 2.22. The summed E-state index contributed by atoms with van der Waals surface area (Å²) in [6, 6.07) is 2.75. The highest BCUT2D eigenvalue weighted by atomic mass is 19.3. The molecule has 1 aliphatic heterocycles. The van der Waals surface area contributed by atoms with Crippen LogP contribution < -0.4 is 20.3 Å². The monoisotopic (exact) mass is 446 g/mol. The minimum absolute atomic E-state index is 0.0386. The maximum atomic E-state index is 12.6. The lowest BCUT2D eigenvalue weighted by atomic mass is 9.81. The molecule has 10 heteroatoms. The molecule has 0 spiro atoms. The number of fused-ring (bicyclic) bond motifs is 1. The van der Waals surface area contributed by atoms with Gasteiger partial charge in [-0.3, -0.25) is 9.78 Å². The molecule has 1 amide bonds. The first kappa shape index (κ1) is 22.2. The van der Waals surface area contributed by atoms with Gasteiger partial charge in [-0.25, -0.2) is 13.8 Å². The van der Waals surface area contributed by atoms with Crippen molar-refractivity contribution < 1.29 is 18.3 Å². The molecule has 32 heavy (non-hydrogen) atoms. The highest BCUT2D eigenvalue weighted by molar-refractivity contribution is 6.03. The van der Waals surface area contributed by atoms with E-state index in [1.165, 1.54) is 18.3 Å². The summed E-state index contributed by atoms with van der Waals surface area (Å²) >= 11 is 0. The quantitative estimate of drug-likeness (QED) is 0.668. The number of aryl methyl sites for hydroxylation is 1. The van der Waals surface area contributed by atoms with E-state index in [1.54, 1.807) is 0 Å². The number of anilines is 3. The number of ether oxygens (including phenoxy) is 1. The molecule has 172 valence electrons. The second-order valence-corrected chi connectivity index (χ2v) is 8.83. The summed E-state index contributed by atoms with van der Waals surface area (Å²) in [5.41, 5.74) is 1.13. The third-order valence-corrected chi connectivity index (χ3v) is 6.01. The molecule has 3 heterocycles. The lowest BCUT2D eigenvalue weighted by Crippen LogP contribution is -2.50. The van der Waals surface area contributed by atoms with E-state index in [1.807, 2.05) is 32.7 Å². The molecule has 0 saturated heterocycles. The summed E-state index contributed by atoms with van der Waals surface area (Å²) in [4.78, 5) is 27.3. The Morgan fingerprint density at radius 3 is 2.66 bits per heavy atom. The Balaban J connectivity index is 1.32. The number of rotatable bonds is 7. The first-order valence-corrected chi connectivity index (χ1v) is 10.8. The first-order valence-electron chi connectivity index (χ1n) is 10.8. The van der Waals surface area contributed by atoms with Gasteiger partial charge in [0.05, 0.1) is 18.5 Å². The van der Waals surface area contributed by atoms with E-state index in [4.69, 9.17) is 4.74 Å². The van der Waals surface area contributed by atoms with Crippen molar-refractivity contribution in [2.75, 3.05) is 29.2 Å². The van der Waals surface area contributed by atoms with Crippen LogP contribution in [0.1, 0.15) is 44.5 Å². The zero-order chi connectivity index (χ0) is 23.0. The van der Waals surface area contributed by atoms with Gasteiger partial charge < -0.3 is 20.3 Å². The summed E-state index contributed by atoms with van der Waals surface area (Å²) in [6.45, 7) is 6.39. The molecule has 2 aromatic rings. The normalized spacial score (nSPS) is 22.4. The smallest absolute Gasteiger partial charge is 0.280 e. The molecule has 2 aromatic heterocycles. The van der Waals surface area contributed by atoms with Gasteiger partial charge in [0.2, 0.25) is 11.9 Å². The van der Waals surface area contributed by atoms with E-state index in [2.05, 4.69) is 25.6 Å². The number of nitrogens with one attached hydrogen (secondary N) is 2. The number of alkyl halides is 2. The Labute approximate surface area is 185 Å². The summed E-state index contributed by atoms with van der Waals surface area (Å²) in [5, 5.41) is 6.33. The number of aromatic nitrogens is 3. The number of hydrogen-bond acceptors (Lipinski definition) is 7. The van der Waals surface area contributed by atoms with Gasteiger partial charge in [0.25, 0.3) is 6.43 Å². The van der Waals surface area contributed by atoms with Crippen molar-refractivity contribution in [2.24, 2.45) is 11.8 Å². The zero-order valence-electron chi connectivity index (χ0n) is 18.6. The van der Waals surface area contributed by atoms with Crippen LogP contribution in [0, 0.1) is 18.8 Å². The van der Waals surface area contributed by atoms with Gasteiger partial charge >= 0.3 is 0 Å². The fourth-order valence-electron chi connectivity index (χ4n) is 4.27. The van der Waals surface area contributed by atoms with Crippen LogP contribution in [0.15, 0.2) is 18.3 Å². The van der Waals surface area contributed by atoms with Crippen molar-refractivity contribution in [1.82, 2.24) is 15.0 Å². The molecule has 0 aromatic carbocycles. The number of likely N-dealkylation sites (N-methyl/N-ethyl adjacent to an activating group) is 1. The van der Waals surface area contributed by atoms with E-state index in [0.29, 0.717) is 29.9 Å². The number of pyridine rings is 1. The van der Waals surface area contributed by atoms with Crippen molar-refractivity contribution in [3.05, 3.63) is 29.7 Å². The van der Waals surface area contributed by atoms with Crippen LogP contribution in [0.5, 0.6) is 5.75 Å². The van der Waals surface area contributed by atoms with Crippen molar-refractivity contribution in [1.29, 1.82) is 0 Å². The number of amides is 1. The summed E-state index contributed by atoms with van der Waals surface area (Å²) in [7, 11) is 1.89. The average molecular weight is 447 g/mol. The minimum atomic E-state index is -2.58. The molecule has 0 radical (unpaired) electrons. The molecule has 0 bridgehead atoms. The molecular weight excluding hydrogens is 418 g/mol. The maximum Gasteiger partial charge on any atom is 0.280 e. The number of carbonyl (C=O) groups is 1. The summed E-state index contributed by atoms with van der Waals surface area (Å²) in [6.07, 6.45) is 0.537. The van der Waals surface area contributed by atoms with Crippen molar-refractivity contribution in [2.45, 2.75) is 52.1 Å². The number of carbonyl (C=O) groups excluding carboxylic acids is 1. The molecule has 1 fully saturated rings. The highest BCUT2D eigenvalue weighted by Gasteiger charge is 2.36. The van der Waals surface area contributed by atoms with Gasteiger partial charge in [-0.05, 0) is 43.7 Å². The van der Waals surface area contributed by atoms with Crippen LogP contribution in [0.4, 0.5) is 26.2 Å². The number of nitrogens with zero attached hydrogens (tertiary/aromatic N) is 4. The second kappa shape index (κ2) is 8.84. The predicted octanol–water partition coefficient (Wildman–Crippen LogP) is 3.80. The SMILES string of the molecule is Cc1nc(NC2CC(COc3ccc(C(F)F)nc3)C2)nc2c1NC(=O)[C@H](C(C)C)N2C. The minimum Gasteiger partial charge on any atom is -0.492 e. The molecule has 2 N–H and O–H groups in total. The summed E-state index contributed by atoms with van der Waals surface area (Å²) < 4.78 is 30.8. The lowest BCUT2D eigenvalue weighted by molar-refractivity contribution is -0.118. The van der Waals surface area contributed by atoms with Gasteiger partial charge in [0.1, 0.15) is 23.2 Å². The highest BCUT2D eigenvalue weighted by Crippen LogP contribution is 2.36. The molecule has 4 rings (SSSR count). The van der Waals surface area contributed by atoms with E-state index >= 15 is 0 Å². The zero-order valence-corrected chi connectivity index (χ0v) is 18.6. The van der Waals surface area contributed by atoms with Crippen LogP contribution in [0.3, 0.4) is 0 Å². The Hall–Kier alpha value is -3.04. The van der Waals surface area contributed by atoms with E-state index in [-0.39, 0.29) is 29.6 Å². The van der Waals surface area contributed by atoms with Gasteiger partial charge in [-0.1, -0.05) is 13.8 Å².